The maximum absolute atomic E-state index is 10.9. The maximum atomic E-state index is 10.9. The number of carbonyl (C=O) groups is 1. The van der Waals surface area contributed by atoms with Gasteiger partial charge in [0.15, 0.2) is 0 Å². The number of thiol groups is 1. The molecule has 0 atom stereocenters. The summed E-state index contributed by atoms with van der Waals surface area (Å²) >= 11 is 3.88. The minimum atomic E-state index is -0.00441. The van der Waals surface area contributed by atoms with Crippen LogP contribution in [0.3, 0.4) is 0 Å². The first-order chi connectivity index (χ1) is 5.33. The van der Waals surface area contributed by atoms with Crippen LogP contribution in [-0.4, -0.2) is 29.8 Å². The summed E-state index contributed by atoms with van der Waals surface area (Å²) in [7, 11) is 0. The summed E-state index contributed by atoms with van der Waals surface area (Å²) in [6.07, 6.45) is 3.66. The molecule has 0 saturated carbocycles. The van der Waals surface area contributed by atoms with Gasteiger partial charge in [-0.15, -0.1) is 0 Å². The smallest absolute Gasteiger partial charge is 0.243 e. The van der Waals surface area contributed by atoms with E-state index in [2.05, 4.69) is 18.1 Å². The zero-order chi connectivity index (χ0) is 8.10. The number of rotatable bonds is 2. The third-order valence-corrected chi connectivity index (χ3v) is 2.07. The molecule has 1 N–H and O–H groups in total. The highest BCUT2D eigenvalue weighted by atomic mass is 32.1. The molecular formula is C7H14N2OS. The van der Waals surface area contributed by atoms with Crippen molar-refractivity contribution in [3.63, 3.8) is 0 Å². The largest absolute Gasteiger partial charge is 0.288 e. The van der Waals surface area contributed by atoms with Gasteiger partial charge >= 0.3 is 0 Å². The number of nitrogens with zero attached hydrogens (tertiary/aromatic N) is 1. The van der Waals surface area contributed by atoms with Crippen molar-refractivity contribution < 1.29 is 4.79 Å². The molecule has 0 unspecified atom stereocenters. The predicted octanol–water partition coefficient (Wildman–Crippen LogP) is 0.433. The van der Waals surface area contributed by atoms with Crippen LogP contribution in [0.2, 0.25) is 0 Å². The van der Waals surface area contributed by atoms with Crippen LogP contribution in [0.15, 0.2) is 0 Å². The van der Waals surface area contributed by atoms with Gasteiger partial charge in [-0.2, -0.15) is 12.6 Å². The van der Waals surface area contributed by atoms with E-state index in [1.165, 1.54) is 19.3 Å². The average molecular weight is 174 g/mol. The van der Waals surface area contributed by atoms with Gasteiger partial charge in [-0.3, -0.25) is 10.2 Å². The minimum absolute atomic E-state index is 0.00441. The molecule has 1 heterocycles. The summed E-state index contributed by atoms with van der Waals surface area (Å²) in [6, 6.07) is 0. The normalized spacial score (nSPS) is 19.7. The van der Waals surface area contributed by atoms with Gasteiger partial charge in [0.2, 0.25) is 5.91 Å². The van der Waals surface area contributed by atoms with E-state index >= 15 is 0 Å². The van der Waals surface area contributed by atoms with Crippen molar-refractivity contribution in [2.75, 3.05) is 18.8 Å². The highest BCUT2D eigenvalue weighted by Crippen LogP contribution is 2.05. The third kappa shape index (κ3) is 3.12. The van der Waals surface area contributed by atoms with Crippen LogP contribution in [0.4, 0.5) is 0 Å². The van der Waals surface area contributed by atoms with Gasteiger partial charge in [0.05, 0.1) is 5.75 Å². The van der Waals surface area contributed by atoms with Crippen LogP contribution < -0.4 is 5.43 Å². The van der Waals surface area contributed by atoms with Crippen LogP contribution >= 0.6 is 12.6 Å². The Balaban J connectivity index is 2.19. The minimum Gasteiger partial charge on any atom is -0.288 e. The van der Waals surface area contributed by atoms with Crippen molar-refractivity contribution in [2.45, 2.75) is 19.3 Å². The van der Waals surface area contributed by atoms with Gasteiger partial charge in [-0.1, -0.05) is 6.42 Å². The van der Waals surface area contributed by atoms with Crippen molar-refractivity contribution in [2.24, 2.45) is 0 Å². The second-order valence-electron chi connectivity index (χ2n) is 2.74. The lowest BCUT2D eigenvalue weighted by atomic mass is 10.2. The molecule has 1 amide bonds. The van der Waals surface area contributed by atoms with Crippen molar-refractivity contribution in [1.82, 2.24) is 10.4 Å². The molecule has 1 aliphatic rings. The number of hydrogen-bond acceptors (Lipinski definition) is 3. The Morgan fingerprint density at radius 3 is 2.55 bits per heavy atom. The summed E-state index contributed by atoms with van der Waals surface area (Å²) in [4.78, 5) is 10.9. The van der Waals surface area contributed by atoms with Gasteiger partial charge in [0.25, 0.3) is 0 Å². The fraction of sp³-hybridized carbons (Fsp3) is 0.857. The lowest BCUT2D eigenvalue weighted by Gasteiger charge is -2.26. The molecule has 1 fully saturated rings. The predicted molar refractivity (Wildman–Crippen MR) is 47.4 cm³/mol. The van der Waals surface area contributed by atoms with Crippen molar-refractivity contribution in [1.29, 1.82) is 0 Å². The topological polar surface area (TPSA) is 32.3 Å². The van der Waals surface area contributed by atoms with E-state index in [1.807, 2.05) is 5.01 Å². The monoisotopic (exact) mass is 174 g/mol. The summed E-state index contributed by atoms with van der Waals surface area (Å²) in [5.74, 6) is 0.270. The maximum Gasteiger partial charge on any atom is 0.243 e. The second kappa shape index (κ2) is 4.62. The van der Waals surface area contributed by atoms with Crippen molar-refractivity contribution in [3.05, 3.63) is 0 Å². The number of amides is 1. The van der Waals surface area contributed by atoms with Gasteiger partial charge in [0, 0.05) is 13.1 Å². The molecule has 1 aliphatic heterocycles. The van der Waals surface area contributed by atoms with Crippen LogP contribution in [0.1, 0.15) is 19.3 Å². The van der Waals surface area contributed by atoms with E-state index in [9.17, 15) is 4.79 Å². The van der Waals surface area contributed by atoms with E-state index in [1.54, 1.807) is 0 Å². The van der Waals surface area contributed by atoms with E-state index in [4.69, 9.17) is 0 Å². The van der Waals surface area contributed by atoms with Crippen LogP contribution in [0, 0.1) is 0 Å². The number of piperidine rings is 1. The first-order valence-corrected chi connectivity index (χ1v) is 4.61. The average Bonchev–Trinajstić information content (AvgIpc) is 2.06. The number of nitrogens with one attached hydrogen (secondary N) is 1. The lowest BCUT2D eigenvalue weighted by molar-refractivity contribution is -0.123. The van der Waals surface area contributed by atoms with E-state index in [-0.39, 0.29) is 11.7 Å². The molecule has 4 heteroatoms. The zero-order valence-corrected chi connectivity index (χ0v) is 7.44. The van der Waals surface area contributed by atoms with Crippen LogP contribution in [0.5, 0.6) is 0 Å². The van der Waals surface area contributed by atoms with Crippen molar-refractivity contribution >= 4 is 18.5 Å². The van der Waals surface area contributed by atoms with E-state index < -0.39 is 0 Å². The molecule has 0 spiro atoms. The standard InChI is InChI=1S/C7H14N2OS/c10-7(6-11)8-9-4-2-1-3-5-9/h11H,1-6H2,(H,8,10). The number of carbonyl (C=O) groups excluding carboxylic acids is 1. The Hall–Kier alpha value is -0.220. The highest BCUT2D eigenvalue weighted by molar-refractivity contribution is 7.81. The molecule has 0 aromatic carbocycles. The molecule has 0 aromatic heterocycles. The molecule has 1 rings (SSSR count). The number of hydrazine groups is 1. The highest BCUT2D eigenvalue weighted by Gasteiger charge is 2.10. The number of hydrogen-bond donors (Lipinski definition) is 2. The summed E-state index contributed by atoms with van der Waals surface area (Å²) < 4.78 is 0. The Labute approximate surface area is 72.5 Å². The first-order valence-electron chi connectivity index (χ1n) is 3.98. The molecular weight excluding hydrogens is 160 g/mol. The Kier molecular flexibility index (Phi) is 3.72. The molecule has 1 saturated heterocycles. The van der Waals surface area contributed by atoms with Gasteiger partial charge in [0.1, 0.15) is 0 Å². The van der Waals surface area contributed by atoms with Crippen LogP contribution in [-0.2, 0) is 4.79 Å². The Morgan fingerprint density at radius 2 is 2.00 bits per heavy atom. The summed E-state index contributed by atoms with van der Waals surface area (Å²) in [6.45, 7) is 1.97. The fourth-order valence-electron chi connectivity index (χ4n) is 1.22. The van der Waals surface area contributed by atoms with Crippen molar-refractivity contribution in [3.8, 4) is 0 Å². The molecule has 64 valence electrons. The van der Waals surface area contributed by atoms with Gasteiger partial charge in [-0.05, 0) is 12.8 Å². The Morgan fingerprint density at radius 1 is 1.36 bits per heavy atom. The summed E-state index contributed by atoms with van der Waals surface area (Å²) in [5, 5.41) is 1.97. The zero-order valence-electron chi connectivity index (χ0n) is 6.55. The first kappa shape index (κ1) is 8.87. The molecule has 0 bridgehead atoms. The Bertz CT molecular complexity index is 134. The second-order valence-corrected chi connectivity index (χ2v) is 3.06. The van der Waals surface area contributed by atoms with Gasteiger partial charge < -0.3 is 0 Å². The quantitative estimate of drug-likeness (QED) is 0.595. The molecule has 11 heavy (non-hydrogen) atoms. The SMILES string of the molecule is O=C(CS)NN1CCCCC1. The fourth-order valence-corrected chi connectivity index (χ4v) is 1.29. The van der Waals surface area contributed by atoms with Crippen LogP contribution in [0.25, 0.3) is 0 Å². The van der Waals surface area contributed by atoms with E-state index in [0.29, 0.717) is 0 Å². The lowest BCUT2D eigenvalue weighted by Crippen LogP contribution is -2.45. The molecule has 0 aromatic rings. The summed E-state index contributed by atoms with van der Waals surface area (Å²) in [5.41, 5.74) is 2.79. The molecule has 0 radical (unpaired) electrons. The van der Waals surface area contributed by atoms with Gasteiger partial charge in [-0.25, -0.2) is 5.01 Å². The molecule has 0 aliphatic carbocycles. The third-order valence-electron chi connectivity index (χ3n) is 1.78. The molecule has 3 nitrogen and oxygen atoms in total. The van der Waals surface area contributed by atoms with E-state index in [0.717, 1.165) is 13.1 Å².